The van der Waals surface area contributed by atoms with E-state index >= 15 is 0 Å². The van der Waals surface area contributed by atoms with Gasteiger partial charge in [-0.15, -0.1) is 6.58 Å². The minimum Gasteiger partial charge on any atom is -0.302 e. The van der Waals surface area contributed by atoms with Crippen LogP contribution in [0.1, 0.15) is 26.7 Å². The summed E-state index contributed by atoms with van der Waals surface area (Å²) < 4.78 is 0. The van der Waals surface area contributed by atoms with Crippen LogP contribution in [0.2, 0.25) is 0 Å². The zero-order valence-corrected chi connectivity index (χ0v) is 7.77. The summed E-state index contributed by atoms with van der Waals surface area (Å²) >= 11 is 0. The van der Waals surface area contributed by atoms with Crippen molar-refractivity contribution >= 4 is 0 Å². The Labute approximate surface area is 70.1 Å². The Kier molecular flexibility index (Phi) is 2.72. The first-order chi connectivity index (χ1) is 5.20. The quantitative estimate of drug-likeness (QED) is 0.560. The Morgan fingerprint density at radius 1 is 1.55 bits per heavy atom. The fraction of sp³-hybridized carbons (Fsp3) is 0.800. The molecule has 0 aliphatic carbocycles. The smallest absolute Gasteiger partial charge is 0.00478 e. The van der Waals surface area contributed by atoms with Gasteiger partial charge < -0.3 is 4.90 Å². The zero-order chi connectivity index (χ0) is 8.32. The molecule has 1 heterocycles. The topological polar surface area (TPSA) is 3.24 Å². The third kappa shape index (κ3) is 2.06. The average Bonchev–Trinajstić information content (AvgIpc) is 1.95. The van der Waals surface area contributed by atoms with Crippen molar-refractivity contribution in [3.8, 4) is 0 Å². The first-order valence-electron chi connectivity index (χ1n) is 4.53. The highest BCUT2D eigenvalue weighted by molar-refractivity contribution is 4.91. The summed E-state index contributed by atoms with van der Waals surface area (Å²) in [4.78, 5) is 2.49. The first-order valence-corrected chi connectivity index (χ1v) is 4.53. The van der Waals surface area contributed by atoms with Gasteiger partial charge in [0.2, 0.25) is 0 Å². The number of hydrogen-bond donors (Lipinski definition) is 0. The normalized spacial score (nSPS) is 22.7. The molecule has 0 saturated carbocycles. The fourth-order valence-electron chi connectivity index (χ4n) is 1.87. The predicted molar refractivity (Wildman–Crippen MR) is 49.7 cm³/mol. The molecule has 1 aliphatic heterocycles. The van der Waals surface area contributed by atoms with Gasteiger partial charge >= 0.3 is 0 Å². The van der Waals surface area contributed by atoms with Crippen molar-refractivity contribution in [2.45, 2.75) is 26.7 Å². The molecule has 11 heavy (non-hydrogen) atoms. The van der Waals surface area contributed by atoms with Gasteiger partial charge in [0.25, 0.3) is 0 Å². The van der Waals surface area contributed by atoms with Crippen LogP contribution in [0.3, 0.4) is 0 Å². The molecule has 1 rings (SSSR count). The van der Waals surface area contributed by atoms with Gasteiger partial charge in [-0.1, -0.05) is 19.9 Å². The van der Waals surface area contributed by atoms with E-state index in [0.717, 1.165) is 0 Å². The van der Waals surface area contributed by atoms with Gasteiger partial charge in [-0.25, -0.2) is 0 Å². The summed E-state index contributed by atoms with van der Waals surface area (Å²) in [6.07, 6.45) is 4.51. The number of rotatable bonds is 4. The average molecular weight is 153 g/mol. The molecule has 1 heteroatoms. The van der Waals surface area contributed by atoms with Crippen LogP contribution in [0.5, 0.6) is 0 Å². The molecule has 0 bridgehead atoms. The Morgan fingerprint density at radius 2 is 2.18 bits per heavy atom. The minimum absolute atomic E-state index is 0.601. The lowest BCUT2D eigenvalue weighted by Gasteiger charge is -2.48. The highest BCUT2D eigenvalue weighted by atomic mass is 15.2. The van der Waals surface area contributed by atoms with Crippen molar-refractivity contribution in [3.05, 3.63) is 12.7 Å². The molecule has 1 nitrogen and oxygen atoms in total. The second kappa shape index (κ2) is 3.40. The van der Waals surface area contributed by atoms with Crippen molar-refractivity contribution in [2.75, 3.05) is 19.6 Å². The number of likely N-dealkylation sites (tertiary alicyclic amines) is 1. The maximum Gasteiger partial charge on any atom is 0.00478 e. The molecule has 0 amide bonds. The van der Waals surface area contributed by atoms with E-state index in [2.05, 4.69) is 25.3 Å². The lowest BCUT2D eigenvalue weighted by atomic mass is 9.78. The molecule has 0 aromatic carbocycles. The maximum absolute atomic E-state index is 3.75. The molecule has 0 unspecified atom stereocenters. The molecule has 0 atom stereocenters. The molecule has 1 aliphatic rings. The van der Waals surface area contributed by atoms with Crippen LogP contribution in [0.4, 0.5) is 0 Å². The molecular formula is C10H19N. The van der Waals surface area contributed by atoms with Gasteiger partial charge in [0.1, 0.15) is 0 Å². The van der Waals surface area contributed by atoms with E-state index in [9.17, 15) is 0 Å². The van der Waals surface area contributed by atoms with Crippen LogP contribution < -0.4 is 0 Å². The molecule has 0 radical (unpaired) electrons. The predicted octanol–water partition coefficient (Wildman–Crippen LogP) is 2.29. The number of nitrogens with zero attached hydrogens (tertiary/aromatic N) is 1. The Balaban J connectivity index is 2.19. The Morgan fingerprint density at radius 3 is 2.64 bits per heavy atom. The van der Waals surface area contributed by atoms with Crippen LogP contribution in [-0.4, -0.2) is 24.5 Å². The second-order valence-corrected chi connectivity index (χ2v) is 3.94. The molecule has 0 spiro atoms. The summed E-state index contributed by atoms with van der Waals surface area (Å²) in [7, 11) is 0. The van der Waals surface area contributed by atoms with Crippen molar-refractivity contribution in [3.63, 3.8) is 0 Å². The highest BCUT2D eigenvalue weighted by Crippen LogP contribution is 2.33. The first kappa shape index (κ1) is 8.79. The monoisotopic (exact) mass is 153 g/mol. The van der Waals surface area contributed by atoms with E-state index in [1.165, 1.54) is 32.5 Å². The molecule has 1 saturated heterocycles. The van der Waals surface area contributed by atoms with Crippen molar-refractivity contribution in [1.82, 2.24) is 4.90 Å². The van der Waals surface area contributed by atoms with E-state index in [1.54, 1.807) is 0 Å². The van der Waals surface area contributed by atoms with Gasteiger partial charge in [-0.3, -0.25) is 0 Å². The number of allylic oxidation sites excluding steroid dienone is 1. The van der Waals surface area contributed by atoms with Gasteiger partial charge in [0.15, 0.2) is 0 Å². The summed E-state index contributed by atoms with van der Waals surface area (Å²) in [6, 6.07) is 0. The number of hydrogen-bond acceptors (Lipinski definition) is 1. The maximum atomic E-state index is 3.75. The van der Waals surface area contributed by atoms with Gasteiger partial charge in [-0.2, -0.15) is 0 Å². The van der Waals surface area contributed by atoms with Gasteiger partial charge in [0.05, 0.1) is 0 Å². The zero-order valence-electron chi connectivity index (χ0n) is 7.77. The van der Waals surface area contributed by atoms with Crippen LogP contribution >= 0.6 is 0 Å². The molecule has 0 aromatic heterocycles. The van der Waals surface area contributed by atoms with Crippen molar-refractivity contribution in [2.24, 2.45) is 5.41 Å². The van der Waals surface area contributed by atoms with E-state index in [1.807, 2.05) is 6.08 Å². The van der Waals surface area contributed by atoms with Crippen molar-refractivity contribution < 1.29 is 0 Å². The molecule has 1 fully saturated rings. The SMILES string of the molecule is C=CCCC1(C)CN(CC)C1. The Hall–Kier alpha value is -0.300. The summed E-state index contributed by atoms with van der Waals surface area (Å²) in [5.41, 5.74) is 0.601. The van der Waals surface area contributed by atoms with Crippen LogP contribution in [0, 0.1) is 5.41 Å². The summed E-state index contributed by atoms with van der Waals surface area (Å²) in [5, 5.41) is 0. The van der Waals surface area contributed by atoms with E-state index in [-0.39, 0.29) is 0 Å². The third-order valence-electron chi connectivity index (χ3n) is 2.61. The third-order valence-corrected chi connectivity index (χ3v) is 2.61. The largest absolute Gasteiger partial charge is 0.302 e. The van der Waals surface area contributed by atoms with E-state index in [4.69, 9.17) is 0 Å². The Bertz CT molecular complexity index is 134. The molecule has 0 aromatic rings. The fourth-order valence-corrected chi connectivity index (χ4v) is 1.87. The van der Waals surface area contributed by atoms with Gasteiger partial charge in [0, 0.05) is 13.1 Å². The van der Waals surface area contributed by atoms with Crippen molar-refractivity contribution in [1.29, 1.82) is 0 Å². The van der Waals surface area contributed by atoms with E-state index in [0.29, 0.717) is 5.41 Å². The molecular weight excluding hydrogens is 134 g/mol. The standard InChI is InChI=1S/C10H19N/c1-4-6-7-10(3)8-11(5-2)9-10/h4H,1,5-9H2,2-3H3. The van der Waals surface area contributed by atoms with Crippen LogP contribution in [-0.2, 0) is 0 Å². The molecule has 64 valence electrons. The lowest BCUT2D eigenvalue weighted by molar-refractivity contribution is 0.0143. The van der Waals surface area contributed by atoms with Crippen LogP contribution in [0.25, 0.3) is 0 Å². The lowest BCUT2D eigenvalue weighted by Crippen LogP contribution is -2.54. The van der Waals surface area contributed by atoms with E-state index < -0.39 is 0 Å². The molecule has 0 N–H and O–H groups in total. The highest BCUT2D eigenvalue weighted by Gasteiger charge is 2.36. The summed E-state index contributed by atoms with van der Waals surface area (Å²) in [5.74, 6) is 0. The second-order valence-electron chi connectivity index (χ2n) is 3.94. The minimum atomic E-state index is 0.601. The van der Waals surface area contributed by atoms with Gasteiger partial charge in [-0.05, 0) is 24.8 Å². The van der Waals surface area contributed by atoms with Crippen LogP contribution in [0.15, 0.2) is 12.7 Å². The summed E-state index contributed by atoms with van der Waals surface area (Å²) in [6.45, 7) is 12.1.